The molecule has 5 nitrogen and oxygen atoms in total. The van der Waals surface area contributed by atoms with Gasteiger partial charge in [-0.1, -0.05) is 30.3 Å². The molecular formula is C14H18N2O3. The van der Waals surface area contributed by atoms with E-state index in [4.69, 9.17) is 10.5 Å². The third-order valence-corrected chi connectivity index (χ3v) is 3.17. The van der Waals surface area contributed by atoms with Gasteiger partial charge in [-0.15, -0.1) is 0 Å². The van der Waals surface area contributed by atoms with Crippen LogP contribution in [0.25, 0.3) is 0 Å². The first kappa shape index (κ1) is 13.5. The van der Waals surface area contributed by atoms with Gasteiger partial charge in [-0.2, -0.15) is 0 Å². The molecule has 0 saturated carbocycles. The standard InChI is InChI=1S/C14H18N2O3/c15-12-7-4-8-16(9-13(12)17)14(18)19-10-11-5-2-1-3-6-11/h1-3,5-6,12H,4,7-10,15H2. The number of carbonyl (C=O) groups is 2. The number of benzene rings is 1. The zero-order chi connectivity index (χ0) is 13.7. The van der Waals surface area contributed by atoms with E-state index in [1.54, 1.807) is 0 Å². The van der Waals surface area contributed by atoms with Gasteiger partial charge in [-0.3, -0.25) is 4.79 Å². The van der Waals surface area contributed by atoms with Crippen molar-refractivity contribution in [1.82, 2.24) is 4.90 Å². The van der Waals surface area contributed by atoms with E-state index in [1.165, 1.54) is 4.90 Å². The topological polar surface area (TPSA) is 72.6 Å². The molecule has 1 saturated heterocycles. The molecule has 2 rings (SSSR count). The average molecular weight is 262 g/mol. The summed E-state index contributed by atoms with van der Waals surface area (Å²) in [6.07, 6.45) is 0.903. The molecule has 0 aromatic heterocycles. The van der Waals surface area contributed by atoms with Crippen LogP contribution in [0, 0.1) is 0 Å². The van der Waals surface area contributed by atoms with Crippen LogP contribution in [0.3, 0.4) is 0 Å². The quantitative estimate of drug-likeness (QED) is 0.872. The van der Waals surface area contributed by atoms with Crippen molar-refractivity contribution in [3.05, 3.63) is 35.9 Å². The summed E-state index contributed by atoms with van der Waals surface area (Å²) in [7, 11) is 0. The van der Waals surface area contributed by atoms with Crippen molar-refractivity contribution in [3.8, 4) is 0 Å². The molecule has 1 aliphatic heterocycles. The summed E-state index contributed by atoms with van der Waals surface area (Å²) in [5.74, 6) is -0.103. The molecule has 1 amide bonds. The number of likely N-dealkylation sites (tertiary alicyclic amines) is 1. The Morgan fingerprint density at radius 3 is 2.84 bits per heavy atom. The van der Waals surface area contributed by atoms with Gasteiger partial charge in [0.25, 0.3) is 0 Å². The summed E-state index contributed by atoms with van der Waals surface area (Å²) < 4.78 is 5.20. The molecule has 1 heterocycles. The number of Topliss-reactive ketones (excluding diaryl/α,β-unsaturated/α-hetero) is 1. The number of hydrogen-bond acceptors (Lipinski definition) is 4. The van der Waals surface area contributed by atoms with Gasteiger partial charge in [0, 0.05) is 6.54 Å². The SMILES string of the molecule is NC1CCCN(C(=O)OCc2ccccc2)CC1=O. The zero-order valence-electron chi connectivity index (χ0n) is 10.7. The molecule has 5 heteroatoms. The van der Waals surface area contributed by atoms with Crippen molar-refractivity contribution < 1.29 is 14.3 Å². The highest BCUT2D eigenvalue weighted by Crippen LogP contribution is 2.09. The first-order valence-corrected chi connectivity index (χ1v) is 6.41. The van der Waals surface area contributed by atoms with Crippen LogP contribution in [0.4, 0.5) is 4.79 Å². The van der Waals surface area contributed by atoms with Crippen LogP contribution in [0.5, 0.6) is 0 Å². The van der Waals surface area contributed by atoms with Crippen LogP contribution in [0.1, 0.15) is 18.4 Å². The number of carbonyl (C=O) groups excluding carboxylic acids is 2. The third-order valence-electron chi connectivity index (χ3n) is 3.17. The minimum absolute atomic E-state index is 0.0504. The Morgan fingerprint density at radius 2 is 2.11 bits per heavy atom. The van der Waals surface area contributed by atoms with Gasteiger partial charge < -0.3 is 15.4 Å². The molecule has 1 fully saturated rings. The van der Waals surface area contributed by atoms with Gasteiger partial charge in [0.15, 0.2) is 5.78 Å². The first-order chi connectivity index (χ1) is 9.16. The second kappa shape index (κ2) is 6.33. The maximum atomic E-state index is 11.9. The van der Waals surface area contributed by atoms with Crippen molar-refractivity contribution in [2.45, 2.75) is 25.5 Å². The number of hydrogen-bond donors (Lipinski definition) is 1. The molecule has 1 unspecified atom stereocenters. The minimum Gasteiger partial charge on any atom is -0.445 e. The summed E-state index contributed by atoms with van der Waals surface area (Å²) in [5.41, 5.74) is 6.60. The smallest absolute Gasteiger partial charge is 0.410 e. The Kier molecular flexibility index (Phi) is 4.52. The number of nitrogens with zero attached hydrogens (tertiary/aromatic N) is 1. The zero-order valence-corrected chi connectivity index (χ0v) is 10.7. The Hall–Kier alpha value is -1.88. The molecule has 0 bridgehead atoms. The van der Waals surface area contributed by atoms with Crippen LogP contribution in [-0.4, -0.2) is 35.9 Å². The van der Waals surface area contributed by atoms with Gasteiger partial charge >= 0.3 is 6.09 Å². The van der Waals surface area contributed by atoms with Gasteiger partial charge in [-0.25, -0.2) is 4.79 Å². The summed E-state index contributed by atoms with van der Waals surface area (Å²) in [5, 5.41) is 0. The molecule has 0 radical (unpaired) electrons. The van der Waals surface area contributed by atoms with E-state index in [0.29, 0.717) is 13.0 Å². The predicted octanol–water partition coefficient (Wildman–Crippen LogP) is 1.32. The van der Waals surface area contributed by atoms with Crippen LogP contribution >= 0.6 is 0 Å². The molecule has 0 aliphatic carbocycles. The number of nitrogens with two attached hydrogens (primary N) is 1. The van der Waals surface area contributed by atoms with Crippen molar-refractivity contribution in [2.24, 2.45) is 5.73 Å². The fourth-order valence-corrected chi connectivity index (χ4v) is 2.01. The van der Waals surface area contributed by atoms with Gasteiger partial charge in [0.05, 0.1) is 12.6 Å². The maximum absolute atomic E-state index is 11.9. The van der Waals surface area contributed by atoms with Crippen molar-refractivity contribution in [3.63, 3.8) is 0 Å². The van der Waals surface area contributed by atoms with Crippen LogP contribution in [0.2, 0.25) is 0 Å². The van der Waals surface area contributed by atoms with E-state index in [0.717, 1.165) is 12.0 Å². The second-order valence-electron chi connectivity index (χ2n) is 4.68. The number of ketones is 1. The highest BCUT2D eigenvalue weighted by molar-refractivity contribution is 5.88. The fraction of sp³-hybridized carbons (Fsp3) is 0.429. The Morgan fingerprint density at radius 1 is 1.37 bits per heavy atom. The summed E-state index contributed by atoms with van der Waals surface area (Å²) in [6.45, 7) is 0.790. The highest BCUT2D eigenvalue weighted by atomic mass is 16.6. The third kappa shape index (κ3) is 3.79. The Balaban J connectivity index is 1.87. The van der Waals surface area contributed by atoms with Gasteiger partial charge in [-0.05, 0) is 18.4 Å². The highest BCUT2D eigenvalue weighted by Gasteiger charge is 2.25. The van der Waals surface area contributed by atoms with E-state index in [-0.39, 0.29) is 18.9 Å². The van der Waals surface area contributed by atoms with Crippen molar-refractivity contribution in [1.29, 1.82) is 0 Å². The second-order valence-corrected chi connectivity index (χ2v) is 4.68. The lowest BCUT2D eigenvalue weighted by atomic mass is 10.1. The van der Waals surface area contributed by atoms with Crippen LogP contribution < -0.4 is 5.73 Å². The van der Waals surface area contributed by atoms with E-state index in [1.807, 2.05) is 30.3 Å². The average Bonchev–Trinajstić information content (AvgIpc) is 2.60. The lowest BCUT2D eigenvalue weighted by molar-refractivity contribution is -0.120. The van der Waals surface area contributed by atoms with E-state index >= 15 is 0 Å². The normalized spacial score (nSPS) is 19.9. The Bertz CT molecular complexity index is 447. The molecule has 102 valence electrons. The molecule has 1 atom stereocenters. The largest absolute Gasteiger partial charge is 0.445 e. The number of rotatable bonds is 2. The van der Waals surface area contributed by atoms with Crippen molar-refractivity contribution >= 4 is 11.9 Å². The molecule has 1 aliphatic rings. The van der Waals surface area contributed by atoms with E-state index in [9.17, 15) is 9.59 Å². The van der Waals surface area contributed by atoms with Crippen LogP contribution in [-0.2, 0) is 16.1 Å². The lowest BCUT2D eigenvalue weighted by Crippen LogP contribution is -2.39. The van der Waals surface area contributed by atoms with Crippen LogP contribution in [0.15, 0.2) is 30.3 Å². The maximum Gasteiger partial charge on any atom is 0.410 e. The van der Waals surface area contributed by atoms with Crippen molar-refractivity contribution in [2.75, 3.05) is 13.1 Å². The van der Waals surface area contributed by atoms with E-state index in [2.05, 4.69) is 0 Å². The lowest BCUT2D eigenvalue weighted by Gasteiger charge is -2.19. The number of ether oxygens (including phenoxy) is 1. The molecule has 0 spiro atoms. The summed E-state index contributed by atoms with van der Waals surface area (Å²) in [4.78, 5) is 24.9. The predicted molar refractivity (Wildman–Crippen MR) is 70.4 cm³/mol. The first-order valence-electron chi connectivity index (χ1n) is 6.41. The fourth-order valence-electron chi connectivity index (χ4n) is 2.01. The Labute approximate surface area is 112 Å². The van der Waals surface area contributed by atoms with Gasteiger partial charge in [0.1, 0.15) is 6.61 Å². The molecule has 1 aromatic carbocycles. The van der Waals surface area contributed by atoms with E-state index < -0.39 is 12.1 Å². The molecule has 1 aromatic rings. The summed E-state index contributed by atoms with van der Waals surface area (Å²) in [6, 6.07) is 9.00. The molecule has 19 heavy (non-hydrogen) atoms. The van der Waals surface area contributed by atoms with Gasteiger partial charge in [0.2, 0.25) is 0 Å². The molecular weight excluding hydrogens is 244 g/mol. The monoisotopic (exact) mass is 262 g/mol. The summed E-state index contributed by atoms with van der Waals surface area (Å²) >= 11 is 0. The number of amides is 1. The molecule has 2 N–H and O–H groups in total. The minimum atomic E-state index is -0.452.